The Morgan fingerprint density at radius 3 is 2.16 bits per heavy atom. The molecule has 0 heterocycles. The number of hydrogen-bond donors (Lipinski definition) is 0. The van der Waals surface area contributed by atoms with Gasteiger partial charge in [0.1, 0.15) is 0 Å². The van der Waals surface area contributed by atoms with Gasteiger partial charge in [0.25, 0.3) is 0 Å². The molecule has 0 aliphatic heterocycles. The molecular weight excluding hydrogens is 304 g/mol. The molecule has 138 valence electrons. The molecule has 1 aromatic rings. The van der Waals surface area contributed by atoms with E-state index in [0.717, 1.165) is 24.0 Å². The van der Waals surface area contributed by atoms with Crippen LogP contribution in [0.15, 0.2) is 79.4 Å². The van der Waals surface area contributed by atoms with Crippen molar-refractivity contribution in [2.45, 2.75) is 53.9 Å². The highest BCUT2D eigenvalue weighted by molar-refractivity contribution is 5.95. The summed E-state index contributed by atoms with van der Waals surface area (Å²) in [6.45, 7) is 17.7. The predicted molar refractivity (Wildman–Crippen MR) is 114 cm³/mol. The second-order valence-corrected chi connectivity index (χ2v) is 4.95. The van der Waals surface area contributed by atoms with Gasteiger partial charge in [-0.3, -0.25) is 4.79 Å². The summed E-state index contributed by atoms with van der Waals surface area (Å²) in [4.78, 5) is 12.2. The van der Waals surface area contributed by atoms with Gasteiger partial charge in [0.15, 0.2) is 5.78 Å². The summed E-state index contributed by atoms with van der Waals surface area (Å²) in [6, 6.07) is 9.46. The van der Waals surface area contributed by atoms with Gasteiger partial charge in [-0.05, 0) is 31.3 Å². The Morgan fingerprint density at radius 2 is 1.68 bits per heavy atom. The third-order valence-electron chi connectivity index (χ3n) is 3.46. The van der Waals surface area contributed by atoms with Crippen LogP contribution in [0, 0.1) is 5.92 Å². The molecule has 25 heavy (non-hydrogen) atoms. The highest BCUT2D eigenvalue weighted by Gasteiger charge is 2.13. The van der Waals surface area contributed by atoms with E-state index in [2.05, 4.69) is 19.2 Å². The zero-order chi connectivity index (χ0) is 19.5. The minimum atomic E-state index is 0.194. The molecule has 0 spiro atoms. The van der Waals surface area contributed by atoms with Gasteiger partial charge in [-0.1, -0.05) is 95.0 Å². The first-order valence-electron chi connectivity index (χ1n) is 9.37. The normalized spacial score (nSPS) is 11.5. The third-order valence-corrected chi connectivity index (χ3v) is 3.46. The van der Waals surface area contributed by atoms with Gasteiger partial charge < -0.3 is 0 Å². The molecule has 0 N–H and O–H groups in total. The number of allylic oxidation sites excluding steroid dienone is 6. The Balaban J connectivity index is 0. The van der Waals surface area contributed by atoms with Gasteiger partial charge in [-0.15, -0.1) is 6.58 Å². The fourth-order valence-electron chi connectivity index (χ4n) is 2.27. The van der Waals surface area contributed by atoms with Crippen LogP contribution in [0.25, 0.3) is 0 Å². The second kappa shape index (κ2) is 18.2. The lowest BCUT2D eigenvalue weighted by molar-refractivity contribution is 0.0976. The fraction of sp³-hybridized carbons (Fsp3) is 0.375. The fourth-order valence-corrected chi connectivity index (χ4v) is 2.27. The SMILES string of the molecule is C=CC[C@H](CCC(=O)c1ccccc1)/C(C=C)=C/C=C\C.CC.CC. The van der Waals surface area contributed by atoms with E-state index in [4.69, 9.17) is 0 Å². The van der Waals surface area contributed by atoms with Crippen LogP contribution < -0.4 is 0 Å². The molecular formula is C24H36O. The zero-order valence-corrected chi connectivity index (χ0v) is 16.8. The van der Waals surface area contributed by atoms with Crippen molar-refractivity contribution < 1.29 is 4.79 Å². The van der Waals surface area contributed by atoms with Crippen LogP contribution in [0.5, 0.6) is 0 Å². The number of benzene rings is 1. The summed E-state index contributed by atoms with van der Waals surface area (Å²) < 4.78 is 0. The van der Waals surface area contributed by atoms with Crippen molar-refractivity contribution in [2.24, 2.45) is 5.92 Å². The summed E-state index contributed by atoms with van der Waals surface area (Å²) in [7, 11) is 0. The van der Waals surface area contributed by atoms with Gasteiger partial charge in [0.05, 0.1) is 0 Å². The van der Waals surface area contributed by atoms with Crippen molar-refractivity contribution in [3.63, 3.8) is 0 Å². The number of hydrogen-bond acceptors (Lipinski definition) is 1. The van der Waals surface area contributed by atoms with Gasteiger partial charge >= 0.3 is 0 Å². The van der Waals surface area contributed by atoms with E-state index in [0.29, 0.717) is 12.3 Å². The minimum absolute atomic E-state index is 0.194. The summed E-state index contributed by atoms with van der Waals surface area (Å²) in [6.07, 6.45) is 12.1. The molecule has 0 saturated carbocycles. The molecule has 0 aliphatic carbocycles. The number of carbonyl (C=O) groups is 1. The van der Waals surface area contributed by atoms with Gasteiger partial charge in [-0.25, -0.2) is 0 Å². The lowest BCUT2D eigenvalue weighted by Gasteiger charge is -2.16. The van der Waals surface area contributed by atoms with Crippen LogP contribution >= 0.6 is 0 Å². The van der Waals surface area contributed by atoms with Crippen LogP contribution in [0.4, 0.5) is 0 Å². The maximum absolute atomic E-state index is 12.2. The molecule has 1 aromatic carbocycles. The maximum Gasteiger partial charge on any atom is 0.162 e. The number of carbonyl (C=O) groups excluding carboxylic acids is 1. The molecule has 1 heteroatoms. The molecule has 1 rings (SSSR count). The highest BCUT2D eigenvalue weighted by Crippen LogP contribution is 2.23. The topological polar surface area (TPSA) is 17.1 Å². The van der Waals surface area contributed by atoms with Gasteiger partial charge in [0, 0.05) is 12.0 Å². The van der Waals surface area contributed by atoms with E-state index in [9.17, 15) is 4.79 Å². The predicted octanol–water partition coefficient (Wildman–Crippen LogP) is 7.58. The first-order chi connectivity index (χ1) is 12.2. The van der Waals surface area contributed by atoms with Crippen LogP contribution in [0.2, 0.25) is 0 Å². The summed E-state index contributed by atoms with van der Waals surface area (Å²) in [5.41, 5.74) is 1.95. The first-order valence-corrected chi connectivity index (χ1v) is 9.37. The Hall–Kier alpha value is -2.15. The maximum atomic E-state index is 12.2. The first kappa shape index (κ1) is 25.1. The van der Waals surface area contributed by atoms with Crippen LogP contribution in [0.1, 0.15) is 64.2 Å². The van der Waals surface area contributed by atoms with E-state index >= 15 is 0 Å². The molecule has 1 atom stereocenters. The number of rotatable bonds is 9. The average molecular weight is 341 g/mol. The molecule has 0 fully saturated rings. The summed E-state index contributed by atoms with van der Waals surface area (Å²) >= 11 is 0. The van der Waals surface area contributed by atoms with Crippen LogP contribution in [0.3, 0.4) is 0 Å². The van der Waals surface area contributed by atoms with Gasteiger partial charge in [0.2, 0.25) is 0 Å². The van der Waals surface area contributed by atoms with Crippen LogP contribution in [-0.2, 0) is 0 Å². The molecule has 0 aliphatic rings. The Bertz CT molecular complexity index is 520. The van der Waals surface area contributed by atoms with E-state index in [1.54, 1.807) is 0 Å². The third kappa shape index (κ3) is 11.1. The van der Waals surface area contributed by atoms with E-state index in [1.165, 1.54) is 0 Å². The van der Waals surface area contributed by atoms with Crippen molar-refractivity contribution in [1.29, 1.82) is 0 Å². The standard InChI is InChI=1S/C20H24O.2C2H6/c1-4-7-12-17(6-3)18(11-5-2)15-16-20(21)19-13-9-8-10-14-19;2*1-2/h4-10,12-14,18H,2-3,11,15-16H2,1H3;2*1-2H3/b7-4-,17-12+;;/t18-;;/m1../s1. The van der Waals surface area contributed by atoms with E-state index in [-0.39, 0.29) is 5.78 Å². The molecule has 0 bridgehead atoms. The number of ketones is 1. The molecule has 1 nitrogen and oxygen atoms in total. The average Bonchev–Trinajstić information content (AvgIpc) is 2.70. The lowest BCUT2D eigenvalue weighted by Crippen LogP contribution is -2.07. The summed E-state index contributed by atoms with van der Waals surface area (Å²) in [5, 5.41) is 0. The lowest BCUT2D eigenvalue weighted by atomic mass is 9.89. The van der Waals surface area contributed by atoms with Crippen molar-refractivity contribution >= 4 is 5.78 Å². The van der Waals surface area contributed by atoms with Crippen molar-refractivity contribution in [3.05, 3.63) is 85.0 Å². The quantitative estimate of drug-likeness (QED) is 0.257. The number of Topliss-reactive ketones (excluding diaryl/α,β-unsaturated/α-hetero) is 1. The van der Waals surface area contributed by atoms with E-state index in [1.807, 2.05) is 89.3 Å². The van der Waals surface area contributed by atoms with E-state index < -0.39 is 0 Å². The monoisotopic (exact) mass is 340 g/mol. The van der Waals surface area contributed by atoms with Crippen molar-refractivity contribution in [1.82, 2.24) is 0 Å². The van der Waals surface area contributed by atoms with Crippen molar-refractivity contribution in [2.75, 3.05) is 0 Å². The summed E-state index contributed by atoms with van der Waals surface area (Å²) in [5.74, 6) is 0.489. The molecule has 0 aromatic heterocycles. The molecule has 0 unspecified atom stereocenters. The highest BCUT2D eigenvalue weighted by atomic mass is 16.1. The zero-order valence-electron chi connectivity index (χ0n) is 16.8. The smallest absolute Gasteiger partial charge is 0.162 e. The molecule has 0 radical (unpaired) electrons. The molecule has 0 amide bonds. The molecule has 0 saturated heterocycles. The largest absolute Gasteiger partial charge is 0.294 e. The van der Waals surface area contributed by atoms with Crippen molar-refractivity contribution in [3.8, 4) is 0 Å². The minimum Gasteiger partial charge on any atom is -0.294 e. The Morgan fingerprint density at radius 1 is 1.08 bits per heavy atom. The Kier molecular flexibility index (Phi) is 18.3. The van der Waals surface area contributed by atoms with Crippen LogP contribution in [-0.4, -0.2) is 5.78 Å². The second-order valence-electron chi connectivity index (χ2n) is 4.95. The Labute approximate surface area is 155 Å². The van der Waals surface area contributed by atoms with Gasteiger partial charge in [-0.2, -0.15) is 0 Å².